The minimum atomic E-state index is -0.207. The Morgan fingerprint density at radius 2 is 1.96 bits per heavy atom. The Hall–Kier alpha value is -1.42. The maximum absolute atomic E-state index is 13.4. The van der Waals surface area contributed by atoms with Crippen LogP contribution in [0.3, 0.4) is 0 Å². The fraction of sp³-hybridized carbons (Fsp3) is 0.632. The van der Waals surface area contributed by atoms with E-state index in [2.05, 4.69) is 5.32 Å². The number of hydrogen-bond donors (Lipinski definition) is 2. The zero-order valence-corrected chi connectivity index (χ0v) is 14.0. The van der Waals surface area contributed by atoms with Gasteiger partial charge in [0.1, 0.15) is 5.82 Å². The molecule has 3 N–H and O–H groups in total. The molecule has 3 nitrogen and oxygen atoms in total. The number of benzene rings is 1. The first-order valence-corrected chi connectivity index (χ1v) is 8.77. The number of rotatable bonds is 3. The van der Waals surface area contributed by atoms with Crippen molar-refractivity contribution in [1.29, 1.82) is 0 Å². The van der Waals surface area contributed by atoms with E-state index in [1.54, 1.807) is 13.0 Å². The lowest BCUT2D eigenvalue weighted by molar-refractivity contribution is -0.128. The molecule has 2 saturated carbocycles. The van der Waals surface area contributed by atoms with Crippen molar-refractivity contribution in [1.82, 2.24) is 5.32 Å². The molecule has 0 heterocycles. The van der Waals surface area contributed by atoms with Crippen molar-refractivity contribution >= 4 is 5.91 Å². The maximum atomic E-state index is 13.4. The summed E-state index contributed by atoms with van der Waals surface area (Å²) >= 11 is 0. The third kappa shape index (κ3) is 3.42. The lowest BCUT2D eigenvalue weighted by Crippen LogP contribution is -2.49. The molecule has 23 heavy (non-hydrogen) atoms. The second-order valence-electron chi connectivity index (χ2n) is 7.44. The highest BCUT2D eigenvalue weighted by Gasteiger charge is 2.40. The van der Waals surface area contributed by atoms with Crippen molar-refractivity contribution in [3.63, 3.8) is 0 Å². The standard InChI is InChI=1S/C19H27FN2O/c1-11-8-13(6-7-17(11)20)12(2)22-19(23)16-9-14-4-3-5-15(10-16)18(14)21/h6-8,12,14-16,18H,3-5,9-10,21H2,1-2H3,(H,22,23). The van der Waals surface area contributed by atoms with Crippen molar-refractivity contribution in [2.24, 2.45) is 23.5 Å². The van der Waals surface area contributed by atoms with Crippen LogP contribution in [0.15, 0.2) is 18.2 Å². The lowest BCUT2D eigenvalue weighted by atomic mass is 9.65. The topological polar surface area (TPSA) is 55.1 Å². The predicted molar refractivity (Wildman–Crippen MR) is 89.2 cm³/mol. The molecule has 2 bridgehead atoms. The zero-order valence-electron chi connectivity index (χ0n) is 14.0. The highest BCUT2D eigenvalue weighted by atomic mass is 19.1. The Kier molecular flexibility index (Phi) is 4.72. The molecule has 0 aliphatic heterocycles. The number of amides is 1. The van der Waals surface area contributed by atoms with E-state index in [9.17, 15) is 9.18 Å². The summed E-state index contributed by atoms with van der Waals surface area (Å²) in [6.45, 7) is 3.71. The summed E-state index contributed by atoms with van der Waals surface area (Å²) in [5.74, 6) is 1.00. The van der Waals surface area contributed by atoms with Gasteiger partial charge in [0.05, 0.1) is 6.04 Å². The van der Waals surface area contributed by atoms with Crippen LogP contribution in [0.4, 0.5) is 4.39 Å². The van der Waals surface area contributed by atoms with Crippen molar-refractivity contribution in [3.05, 3.63) is 35.1 Å². The van der Waals surface area contributed by atoms with Gasteiger partial charge in [0.2, 0.25) is 5.91 Å². The zero-order chi connectivity index (χ0) is 16.6. The molecule has 0 aromatic heterocycles. The molecule has 3 rings (SSSR count). The Balaban J connectivity index is 1.63. The van der Waals surface area contributed by atoms with Gasteiger partial charge in [-0.15, -0.1) is 0 Å². The minimum absolute atomic E-state index is 0.0779. The first kappa shape index (κ1) is 16.4. The molecule has 4 heteroatoms. The molecule has 1 aromatic carbocycles. The molecule has 2 aliphatic rings. The van der Waals surface area contributed by atoms with Crippen molar-refractivity contribution < 1.29 is 9.18 Å². The number of carbonyl (C=O) groups is 1. The fourth-order valence-corrected chi connectivity index (χ4v) is 4.36. The summed E-state index contributed by atoms with van der Waals surface area (Å²) in [7, 11) is 0. The molecule has 0 saturated heterocycles. The van der Waals surface area contributed by atoms with Gasteiger partial charge in [-0.2, -0.15) is 0 Å². The molecule has 1 amide bonds. The molecule has 0 radical (unpaired) electrons. The number of carbonyl (C=O) groups excluding carboxylic acids is 1. The Morgan fingerprint density at radius 3 is 2.57 bits per heavy atom. The lowest BCUT2D eigenvalue weighted by Gasteiger charge is -2.43. The Bertz CT molecular complexity index is 575. The summed E-state index contributed by atoms with van der Waals surface area (Å²) in [6.07, 6.45) is 5.41. The van der Waals surface area contributed by atoms with Gasteiger partial charge in [0.25, 0.3) is 0 Å². The van der Waals surface area contributed by atoms with Gasteiger partial charge in [-0.05, 0) is 68.6 Å². The van der Waals surface area contributed by atoms with Crippen molar-refractivity contribution in [2.45, 2.75) is 58.0 Å². The van der Waals surface area contributed by atoms with Crippen molar-refractivity contribution in [2.75, 3.05) is 0 Å². The van der Waals surface area contributed by atoms with E-state index < -0.39 is 0 Å². The van der Waals surface area contributed by atoms with Gasteiger partial charge < -0.3 is 11.1 Å². The van der Waals surface area contributed by atoms with Crippen LogP contribution in [0.2, 0.25) is 0 Å². The van der Waals surface area contributed by atoms with Crippen LogP contribution in [0.25, 0.3) is 0 Å². The van der Waals surface area contributed by atoms with Gasteiger partial charge in [0, 0.05) is 12.0 Å². The predicted octanol–water partition coefficient (Wildman–Crippen LogP) is 3.46. The maximum Gasteiger partial charge on any atom is 0.223 e. The molecule has 126 valence electrons. The van der Waals surface area contributed by atoms with Gasteiger partial charge in [-0.3, -0.25) is 4.79 Å². The van der Waals surface area contributed by atoms with Crippen LogP contribution in [-0.4, -0.2) is 11.9 Å². The highest BCUT2D eigenvalue weighted by molar-refractivity contribution is 5.79. The van der Waals surface area contributed by atoms with Crippen LogP contribution in [0.1, 0.15) is 56.2 Å². The second kappa shape index (κ2) is 6.60. The minimum Gasteiger partial charge on any atom is -0.349 e. The summed E-state index contributed by atoms with van der Waals surface area (Å²) in [5.41, 5.74) is 7.86. The monoisotopic (exact) mass is 318 g/mol. The first-order chi connectivity index (χ1) is 11.0. The summed E-state index contributed by atoms with van der Waals surface area (Å²) in [4.78, 5) is 12.6. The van der Waals surface area contributed by atoms with Gasteiger partial charge in [-0.25, -0.2) is 4.39 Å². The first-order valence-electron chi connectivity index (χ1n) is 8.77. The smallest absolute Gasteiger partial charge is 0.223 e. The number of nitrogens with one attached hydrogen (secondary N) is 1. The highest BCUT2D eigenvalue weighted by Crippen LogP contribution is 2.42. The quantitative estimate of drug-likeness (QED) is 0.896. The van der Waals surface area contributed by atoms with E-state index in [4.69, 9.17) is 5.73 Å². The molecule has 3 unspecified atom stereocenters. The summed E-state index contributed by atoms with van der Waals surface area (Å²) in [6, 6.07) is 5.21. The molecule has 2 fully saturated rings. The molecule has 1 aromatic rings. The van der Waals surface area contributed by atoms with Crippen molar-refractivity contribution in [3.8, 4) is 0 Å². The van der Waals surface area contributed by atoms with E-state index >= 15 is 0 Å². The van der Waals surface area contributed by atoms with Gasteiger partial charge in [-0.1, -0.05) is 18.6 Å². The number of hydrogen-bond acceptors (Lipinski definition) is 2. The summed E-state index contributed by atoms with van der Waals surface area (Å²) in [5, 5.41) is 3.11. The van der Waals surface area contributed by atoms with Crippen LogP contribution in [0.5, 0.6) is 0 Å². The van der Waals surface area contributed by atoms with Gasteiger partial charge in [0.15, 0.2) is 0 Å². The number of nitrogens with two attached hydrogens (primary N) is 1. The van der Waals surface area contributed by atoms with E-state index in [-0.39, 0.29) is 29.7 Å². The SMILES string of the molecule is Cc1cc(C(C)NC(=O)C2CC3CCCC(C2)C3N)ccc1F. The second-order valence-corrected chi connectivity index (χ2v) is 7.44. The largest absolute Gasteiger partial charge is 0.349 e. The normalized spacial score (nSPS) is 31.5. The van der Waals surface area contributed by atoms with Crippen LogP contribution in [0, 0.1) is 30.5 Å². The average molecular weight is 318 g/mol. The number of aryl methyl sites for hydroxylation is 1. The number of fused-ring (bicyclic) bond motifs is 2. The third-order valence-electron chi connectivity index (χ3n) is 5.82. The molecular formula is C19H27FN2O. The van der Waals surface area contributed by atoms with Crippen LogP contribution < -0.4 is 11.1 Å². The molecule has 2 aliphatic carbocycles. The fourth-order valence-electron chi connectivity index (χ4n) is 4.36. The van der Waals surface area contributed by atoms with Crippen LogP contribution >= 0.6 is 0 Å². The molecular weight excluding hydrogens is 291 g/mol. The van der Waals surface area contributed by atoms with E-state index in [0.717, 1.165) is 31.2 Å². The Labute approximate surface area is 137 Å². The Morgan fingerprint density at radius 1 is 1.30 bits per heavy atom. The molecule has 0 spiro atoms. The summed E-state index contributed by atoms with van der Waals surface area (Å²) < 4.78 is 13.4. The third-order valence-corrected chi connectivity index (χ3v) is 5.82. The van der Waals surface area contributed by atoms with E-state index in [0.29, 0.717) is 17.4 Å². The molecule has 3 atom stereocenters. The van der Waals surface area contributed by atoms with Gasteiger partial charge >= 0.3 is 0 Å². The van der Waals surface area contributed by atoms with E-state index in [1.807, 2.05) is 13.0 Å². The number of halogens is 1. The van der Waals surface area contributed by atoms with E-state index in [1.165, 1.54) is 12.5 Å². The van der Waals surface area contributed by atoms with Crippen LogP contribution in [-0.2, 0) is 4.79 Å². The average Bonchev–Trinajstić information content (AvgIpc) is 2.49.